The Morgan fingerprint density at radius 2 is 1.96 bits per heavy atom. The van der Waals surface area contributed by atoms with E-state index >= 15 is 0 Å². The molecule has 0 fully saturated rings. The molecule has 25 heavy (non-hydrogen) atoms. The first-order chi connectivity index (χ1) is 11.9. The zero-order valence-electron chi connectivity index (χ0n) is 15.1. The van der Waals surface area contributed by atoms with Crippen molar-refractivity contribution in [1.82, 2.24) is 15.0 Å². The van der Waals surface area contributed by atoms with Crippen LogP contribution in [0.1, 0.15) is 4.88 Å². The van der Waals surface area contributed by atoms with Crippen molar-refractivity contribution in [3.05, 3.63) is 35.6 Å². The maximum atomic E-state index is 5.84. The molecule has 3 rings (SSSR count). The van der Waals surface area contributed by atoms with Gasteiger partial charge in [-0.25, -0.2) is 4.98 Å². The first kappa shape index (κ1) is 18.0. The van der Waals surface area contributed by atoms with Crippen molar-refractivity contribution in [3.8, 4) is 16.5 Å². The first-order valence-electron chi connectivity index (χ1n) is 8.30. The second kappa shape index (κ2) is 7.59. The summed E-state index contributed by atoms with van der Waals surface area (Å²) in [6.45, 7) is 10.0. The lowest BCUT2D eigenvalue weighted by atomic mass is 10.2. The summed E-state index contributed by atoms with van der Waals surface area (Å²) in [4.78, 5) is 14.4. The fraction of sp³-hybridized carbons (Fsp3) is 0.389. The van der Waals surface area contributed by atoms with Crippen LogP contribution in [0.4, 0.5) is 0 Å². The Labute approximate surface area is 153 Å². The molecule has 0 aliphatic carbocycles. The predicted octanol–water partition coefficient (Wildman–Crippen LogP) is 4.75. The molecule has 0 aliphatic heterocycles. The van der Waals surface area contributed by atoms with Gasteiger partial charge in [-0.15, -0.1) is 11.3 Å². The van der Waals surface area contributed by atoms with Crippen LogP contribution in [0.3, 0.4) is 0 Å². The van der Waals surface area contributed by atoms with E-state index in [9.17, 15) is 0 Å². The van der Waals surface area contributed by atoms with Gasteiger partial charge in [-0.3, -0.25) is 9.97 Å². The van der Waals surface area contributed by atoms with Gasteiger partial charge in [0.25, 0.3) is 0 Å². The van der Waals surface area contributed by atoms with Crippen LogP contribution in [0.5, 0.6) is 5.75 Å². The van der Waals surface area contributed by atoms with Crippen LogP contribution in [0.25, 0.3) is 21.6 Å². The Balaban J connectivity index is 1.74. The van der Waals surface area contributed by atoms with Gasteiger partial charge < -0.3 is 9.47 Å². The van der Waals surface area contributed by atoms with Crippen molar-refractivity contribution in [3.63, 3.8) is 0 Å². The van der Waals surface area contributed by atoms with Gasteiger partial charge in [-0.2, -0.15) is 0 Å². The standard InChI is InChI=1S/C18H23N3O2SSi/c1-13-10-21-18(24-13)15-9-14-16(11-20-15)19-6-5-17(14)23-12-22-7-8-25(2,3)4/h5-6,9-11H,7-8,12H2,1-4H3. The molecule has 0 N–H and O–H groups in total. The monoisotopic (exact) mass is 373 g/mol. The van der Waals surface area contributed by atoms with E-state index in [1.807, 2.05) is 25.3 Å². The fourth-order valence-corrected chi connectivity index (χ4v) is 3.77. The highest BCUT2D eigenvalue weighted by molar-refractivity contribution is 7.14. The number of thiazole rings is 1. The molecule has 0 radical (unpaired) electrons. The summed E-state index contributed by atoms with van der Waals surface area (Å²) >= 11 is 1.63. The van der Waals surface area contributed by atoms with Crippen molar-refractivity contribution < 1.29 is 9.47 Å². The van der Waals surface area contributed by atoms with E-state index in [0.717, 1.165) is 44.9 Å². The maximum absolute atomic E-state index is 5.84. The second-order valence-electron chi connectivity index (χ2n) is 7.15. The quantitative estimate of drug-likeness (QED) is 0.340. The molecule has 0 bridgehead atoms. The van der Waals surface area contributed by atoms with E-state index in [4.69, 9.17) is 9.47 Å². The largest absolute Gasteiger partial charge is 0.467 e. The molecule has 0 aromatic carbocycles. The van der Waals surface area contributed by atoms with Crippen LogP contribution in [0, 0.1) is 6.92 Å². The second-order valence-corrected chi connectivity index (χ2v) is 14.0. The number of aromatic nitrogens is 3. The Kier molecular flexibility index (Phi) is 5.46. The van der Waals surface area contributed by atoms with Crippen molar-refractivity contribution >= 4 is 30.3 Å². The summed E-state index contributed by atoms with van der Waals surface area (Å²) in [5.74, 6) is 0.759. The van der Waals surface area contributed by atoms with Crippen LogP contribution in [0.15, 0.2) is 30.7 Å². The lowest BCUT2D eigenvalue weighted by Gasteiger charge is -2.15. The number of aryl methyl sites for hydroxylation is 1. The van der Waals surface area contributed by atoms with Crippen molar-refractivity contribution in [2.24, 2.45) is 0 Å². The molecule has 0 saturated heterocycles. The number of ether oxygens (including phenoxy) is 2. The molecule has 0 amide bonds. The molecular formula is C18H23N3O2SSi. The number of hydrogen-bond donors (Lipinski definition) is 0. The average molecular weight is 374 g/mol. The number of fused-ring (bicyclic) bond motifs is 1. The van der Waals surface area contributed by atoms with Gasteiger partial charge in [0.1, 0.15) is 10.8 Å². The highest BCUT2D eigenvalue weighted by Gasteiger charge is 2.12. The van der Waals surface area contributed by atoms with E-state index in [1.165, 1.54) is 0 Å². The molecule has 132 valence electrons. The number of hydrogen-bond acceptors (Lipinski definition) is 6. The summed E-state index contributed by atoms with van der Waals surface area (Å²) in [7, 11) is -1.08. The minimum absolute atomic E-state index is 0.248. The van der Waals surface area contributed by atoms with Gasteiger partial charge in [0, 0.05) is 37.3 Å². The molecule has 0 saturated carbocycles. The summed E-state index contributed by atoms with van der Waals surface area (Å²) < 4.78 is 11.5. The van der Waals surface area contributed by atoms with Crippen LogP contribution in [-0.4, -0.2) is 36.4 Å². The number of rotatable bonds is 7. The van der Waals surface area contributed by atoms with E-state index < -0.39 is 8.07 Å². The Hall–Kier alpha value is -1.83. The minimum atomic E-state index is -1.08. The molecule has 3 heterocycles. The summed E-state index contributed by atoms with van der Waals surface area (Å²) in [6.07, 6.45) is 5.36. The van der Waals surface area contributed by atoms with E-state index in [1.54, 1.807) is 23.7 Å². The van der Waals surface area contributed by atoms with Gasteiger partial charge in [0.15, 0.2) is 6.79 Å². The van der Waals surface area contributed by atoms with E-state index in [0.29, 0.717) is 0 Å². The van der Waals surface area contributed by atoms with Gasteiger partial charge in [-0.1, -0.05) is 19.6 Å². The maximum Gasteiger partial charge on any atom is 0.189 e. The SMILES string of the molecule is Cc1cnc(-c2cc3c(OCOCC[Si](C)(C)C)ccnc3cn2)s1. The van der Waals surface area contributed by atoms with Crippen molar-refractivity contribution in [2.45, 2.75) is 32.6 Å². The summed E-state index contributed by atoms with van der Waals surface area (Å²) in [5, 5.41) is 1.83. The zero-order chi connectivity index (χ0) is 17.9. The Morgan fingerprint density at radius 1 is 1.12 bits per heavy atom. The summed E-state index contributed by atoms with van der Waals surface area (Å²) in [6, 6.07) is 4.98. The average Bonchev–Trinajstić information content (AvgIpc) is 3.00. The molecule has 0 unspecified atom stereocenters. The highest BCUT2D eigenvalue weighted by atomic mass is 32.1. The first-order valence-corrected chi connectivity index (χ1v) is 12.8. The van der Waals surface area contributed by atoms with Crippen molar-refractivity contribution in [1.29, 1.82) is 0 Å². The smallest absolute Gasteiger partial charge is 0.189 e. The normalized spacial score (nSPS) is 11.8. The fourth-order valence-electron chi connectivity index (χ4n) is 2.28. The molecule has 0 spiro atoms. The van der Waals surface area contributed by atoms with Gasteiger partial charge in [0.2, 0.25) is 0 Å². The molecule has 0 atom stereocenters. The third-order valence-corrected chi connectivity index (χ3v) is 6.36. The predicted molar refractivity (Wildman–Crippen MR) is 105 cm³/mol. The molecular weight excluding hydrogens is 350 g/mol. The Bertz CT molecular complexity index is 861. The lowest BCUT2D eigenvalue weighted by molar-refractivity contribution is 0.0229. The van der Waals surface area contributed by atoms with Gasteiger partial charge >= 0.3 is 0 Å². The molecule has 3 aromatic rings. The lowest BCUT2D eigenvalue weighted by Crippen LogP contribution is -2.22. The third kappa shape index (κ3) is 4.84. The minimum Gasteiger partial charge on any atom is -0.467 e. The summed E-state index contributed by atoms with van der Waals surface area (Å²) in [5.41, 5.74) is 1.64. The highest BCUT2D eigenvalue weighted by Crippen LogP contribution is 2.29. The van der Waals surface area contributed by atoms with Crippen molar-refractivity contribution in [2.75, 3.05) is 13.4 Å². The molecule has 3 aromatic heterocycles. The molecule has 5 nitrogen and oxygen atoms in total. The number of pyridine rings is 2. The molecule has 7 heteroatoms. The number of nitrogens with zero attached hydrogens (tertiary/aromatic N) is 3. The topological polar surface area (TPSA) is 57.1 Å². The Morgan fingerprint density at radius 3 is 2.68 bits per heavy atom. The van der Waals surface area contributed by atoms with Crippen LogP contribution >= 0.6 is 11.3 Å². The van der Waals surface area contributed by atoms with Crippen LogP contribution in [0.2, 0.25) is 25.7 Å². The zero-order valence-corrected chi connectivity index (χ0v) is 16.9. The molecule has 0 aliphatic rings. The van der Waals surface area contributed by atoms with Gasteiger partial charge in [-0.05, 0) is 25.1 Å². The van der Waals surface area contributed by atoms with E-state index in [-0.39, 0.29) is 6.79 Å². The van der Waals surface area contributed by atoms with Crippen LogP contribution in [-0.2, 0) is 4.74 Å². The third-order valence-electron chi connectivity index (χ3n) is 3.72. The van der Waals surface area contributed by atoms with Gasteiger partial charge in [0.05, 0.1) is 17.4 Å². The van der Waals surface area contributed by atoms with E-state index in [2.05, 4.69) is 34.6 Å². The van der Waals surface area contributed by atoms with Crippen LogP contribution < -0.4 is 4.74 Å².